The molecule has 3 nitrogen and oxygen atoms in total. The Kier molecular flexibility index (Phi) is 4.84. The second-order valence-corrected chi connectivity index (χ2v) is 3.48. The van der Waals surface area contributed by atoms with Gasteiger partial charge in [-0.15, -0.1) is 0 Å². The van der Waals surface area contributed by atoms with Crippen molar-refractivity contribution >= 4 is 5.91 Å². The first-order chi connectivity index (χ1) is 7.24. The van der Waals surface area contributed by atoms with E-state index in [1.54, 1.807) is 0 Å². The maximum Gasteiger partial charge on any atom is 0.220 e. The number of carbonyl (C=O) groups excluding carboxylic acids is 1. The van der Waals surface area contributed by atoms with E-state index >= 15 is 0 Å². The third-order valence-corrected chi connectivity index (χ3v) is 2.15. The zero-order valence-corrected chi connectivity index (χ0v) is 8.94. The number of aliphatic hydroxyl groups excluding tert-OH is 1. The van der Waals surface area contributed by atoms with Crippen molar-refractivity contribution in [2.24, 2.45) is 0 Å². The first kappa shape index (κ1) is 11.7. The van der Waals surface area contributed by atoms with Crippen LogP contribution in [0.3, 0.4) is 0 Å². The molecule has 0 saturated heterocycles. The van der Waals surface area contributed by atoms with Crippen LogP contribution in [0.1, 0.15) is 31.4 Å². The molecule has 0 radical (unpaired) electrons. The summed E-state index contributed by atoms with van der Waals surface area (Å²) in [5.41, 5.74) is 0.828. The van der Waals surface area contributed by atoms with Gasteiger partial charge in [-0.1, -0.05) is 37.3 Å². The lowest BCUT2D eigenvalue weighted by Gasteiger charge is -2.11. The fourth-order valence-electron chi connectivity index (χ4n) is 1.32. The molecule has 0 spiro atoms. The van der Waals surface area contributed by atoms with Crippen LogP contribution < -0.4 is 5.32 Å². The number of benzene rings is 1. The molecule has 3 heteroatoms. The largest absolute Gasteiger partial charge is 0.387 e. The van der Waals surface area contributed by atoms with Gasteiger partial charge in [0.1, 0.15) is 0 Å². The Morgan fingerprint density at radius 1 is 1.40 bits per heavy atom. The Labute approximate surface area is 90.1 Å². The van der Waals surface area contributed by atoms with E-state index in [1.165, 1.54) is 0 Å². The minimum atomic E-state index is -0.619. The van der Waals surface area contributed by atoms with E-state index in [1.807, 2.05) is 37.3 Å². The Balaban J connectivity index is 2.37. The Hall–Kier alpha value is -1.35. The van der Waals surface area contributed by atoms with Crippen LogP contribution in [0.15, 0.2) is 30.3 Å². The van der Waals surface area contributed by atoms with Crippen molar-refractivity contribution in [3.05, 3.63) is 35.9 Å². The topological polar surface area (TPSA) is 49.3 Å². The normalized spacial score (nSPS) is 12.1. The van der Waals surface area contributed by atoms with Crippen LogP contribution in [0.2, 0.25) is 0 Å². The number of hydrogen-bond donors (Lipinski definition) is 2. The fraction of sp³-hybridized carbons (Fsp3) is 0.417. The molecule has 0 heterocycles. The Morgan fingerprint density at radius 3 is 2.67 bits per heavy atom. The van der Waals surface area contributed by atoms with Gasteiger partial charge in [0.05, 0.1) is 6.10 Å². The monoisotopic (exact) mass is 207 g/mol. The highest BCUT2D eigenvalue weighted by Gasteiger charge is 2.07. The summed E-state index contributed by atoms with van der Waals surface area (Å²) in [6.45, 7) is 2.23. The van der Waals surface area contributed by atoms with Crippen molar-refractivity contribution in [2.45, 2.75) is 25.9 Å². The van der Waals surface area contributed by atoms with E-state index in [2.05, 4.69) is 5.32 Å². The smallest absolute Gasteiger partial charge is 0.220 e. The maximum atomic E-state index is 11.2. The molecule has 1 aromatic carbocycles. The highest BCUT2D eigenvalue weighted by Crippen LogP contribution is 2.10. The van der Waals surface area contributed by atoms with E-state index in [0.29, 0.717) is 6.42 Å². The SMILES string of the molecule is CCCC(=O)NC[C@@H](O)c1ccccc1. The molecular formula is C12H17NO2. The molecule has 0 bridgehead atoms. The van der Waals surface area contributed by atoms with Crippen LogP contribution in [0.4, 0.5) is 0 Å². The van der Waals surface area contributed by atoms with Crippen LogP contribution in [0.25, 0.3) is 0 Å². The average Bonchev–Trinajstić information content (AvgIpc) is 2.27. The summed E-state index contributed by atoms with van der Waals surface area (Å²) in [7, 11) is 0. The standard InChI is InChI=1S/C12H17NO2/c1-2-6-12(15)13-9-11(14)10-7-4-3-5-8-10/h3-5,7-8,11,14H,2,6,9H2,1H3,(H,13,15)/t11-/m1/s1. The van der Waals surface area contributed by atoms with Gasteiger partial charge in [-0.3, -0.25) is 4.79 Å². The van der Waals surface area contributed by atoms with Gasteiger partial charge in [0, 0.05) is 13.0 Å². The van der Waals surface area contributed by atoms with Crippen molar-refractivity contribution < 1.29 is 9.90 Å². The molecule has 1 aromatic rings. The lowest BCUT2D eigenvalue weighted by atomic mass is 10.1. The van der Waals surface area contributed by atoms with Gasteiger partial charge in [-0.2, -0.15) is 0 Å². The molecule has 15 heavy (non-hydrogen) atoms. The van der Waals surface area contributed by atoms with E-state index in [-0.39, 0.29) is 12.5 Å². The lowest BCUT2D eigenvalue weighted by Crippen LogP contribution is -2.27. The molecule has 0 aliphatic heterocycles. The van der Waals surface area contributed by atoms with Crippen molar-refractivity contribution in [2.75, 3.05) is 6.54 Å². The number of hydrogen-bond acceptors (Lipinski definition) is 2. The molecule has 0 aliphatic carbocycles. The average molecular weight is 207 g/mol. The van der Waals surface area contributed by atoms with Gasteiger partial charge in [-0.05, 0) is 12.0 Å². The molecule has 1 atom stereocenters. The number of nitrogens with one attached hydrogen (secondary N) is 1. The summed E-state index contributed by atoms with van der Waals surface area (Å²) < 4.78 is 0. The van der Waals surface area contributed by atoms with Gasteiger partial charge >= 0.3 is 0 Å². The van der Waals surface area contributed by atoms with E-state index < -0.39 is 6.10 Å². The molecule has 2 N–H and O–H groups in total. The zero-order chi connectivity index (χ0) is 11.1. The summed E-state index contributed by atoms with van der Waals surface area (Å²) in [5.74, 6) is -0.00696. The molecule has 0 aromatic heterocycles. The number of rotatable bonds is 5. The van der Waals surface area contributed by atoms with Crippen LogP contribution >= 0.6 is 0 Å². The van der Waals surface area contributed by atoms with Crippen LogP contribution in [0, 0.1) is 0 Å². The second kappa shape index (κ2) is 6.19. The van der Waals surface area contributed by atoms with Gasteiger partial charge < -0.3 is 10.4 Å². The lowest BCUT2D eigenvalue weighted by molar-refractivity contribution is -0.121. The molecule has 0 unspecified atom stereocenters. The highest BCUT2D eigenvalue weighted by atomic mass is 16.3. The molecule has 82 valence electrons. The molecular weight excluding hydrogens is 190 g/mol. The predicted octanol–water partition coefficient (Wildman–Crippen LogP) is 1.64. The number of amides is 1. The third-order valence-electron chi connectivity index (χ3n) is 2.15. The minimum absolute atomic E-state index is 0.00696. The third kappa shape index (κ3) is 4.13. The van der Waals surface area contributed by atoms with Gasteiger partial charge in [0.2, 0.25) is 5.91 Å². The molecule has 1 rings (SSSR count). The van der Waals surface area contributed by atoms with Crippen molar-refractivity contribution in [1.82, 2.24) is 5.32 Å². The van der Waals surface area contributed by atoms with Crippen molar-refractivity contribution in [3.8, 4) is 0 Å². The predicted molar refractivity (Wildman–Crippen MR) is 59.3 cm³/mol. The zero-order valence-electron chi connectivity index (χ0n) is 8.94. The summed E-state index contributed by atoms with van der Waals surface area (Å²) in [6.07, 6.45) is 0.724. The first-order valence-corrected chi connectivity index (χ1v) is 5.23. The number of aliphatic hydroxyl groups is 1. The maximum absolute atomic E-state index is 11.2. The van der Waals surface area contributed by atoms with Crippen LogP contribution in [-0.2, 0) is 4.79 Å². The van der Waals surface area contributed by atoms with E-state index in [9.17, 15) is 9.90 Å². The minimum Gasteiger partial charge on any atom is -0.387 e. The van der Waals surface area contributed by atoms with Gasteiger partial charge in [0.15, 0.2) is 0 Å². The van der Waals surface area contributed by atoms with Gasteiger partial charge in [-0.25, -0.2) is 0 Å². The summed E-state index contributed by atoms with van der Waals surface area (Å²) >= 11 is 0. The molecule has 1 amide bonds. The molecule has 0 saturated carbocycles. The second-order valence-electron chi connectivity index (χ2n) is 3.48. The van der Waals surface area contributed by atoms with E-state index in [4.69, 9.17) is 0 Å². The Bertz CT molecular complexity index is 298. The summed E-state index contributed by atoms with van der Waals surface area (Å²) in [5, 5.41) is 12.4. The van der Waals surface area contributed by atoms with E-state index in [0.717, 1.165) is 12.0 Å². The fourth-order valence-corrected chi connectivity index (χ4v) is 1.32. The highest BCUT2D eigenvalue weighted by molar-refractivity contribution is 5.75. The summed E-state index contributed by atoms with van der Waals surface area (Å²) in [6, 6.07) is 9.32. The van der Waals surface area contributed by atoms with Crippen molar-refractivity contribution in [3.63, 3.8) is 0 Å². The summed E-state index contributed by atoms with van der Waals surface area (Å²) in [4.78, 5) is 11.2. The quantitative estimate of drug-likeness (QED) is 0.771. The first-order valence-electron chi connectivity index (χ1n) is 5.23. The van der Waals surface area contributed by atoms with Crippen LogP contribution in [-0.4, -0.2) is 17.6 Å². The molecule has 0 fully saturated rings. The van der Waals surface area contributed by atoms with Gasteiger partial charge in [0.25, 0.3) is 0 Å². The molecule has 0 aliphatic rings. The van der Waals surface area contributed by atoms with Crippen LogP contribution in [0.5, 0.6) is 0 Å². The Morgan fingerprint density at radius 2 is 2.07 bits per heavy atom. The number of carbonyl (C=O) groups is 1. The van der Waals surface area contributed by atoms with Crippen molar-refractivity contribution in [1.29, 1.82) is 0 Å².